The van der Waals surface area contributed by atoms with Crippen molar-refractivity contribution in [2.45, 2.75) is 38.3 Å². The van der Waals surface area contributed by atoms with Crippen LogP contribution in [0.5, 0.6) is 0 Å². The van der Waals surface area contributed by atoms with Gasteiger partial charge < -0.3 is 15.4 Å². The first-order valence-electron chi connectivity index (χ1n) is 7.42. The number of rotatable bonds is 6. The van der Waals surface area contributed by atoms with Crippen molar-refractivity contribution in [2.24, 2.45) is 0 Å². The maximum Gasteiger partial charge on any atom is 0.222 e. The summed E-state index contributed by atoms with van der Waals surface area (Å²) in [4.78, 5) is 11.9. The highest BCUT2D eigenvalue weighted by molar-refractivity contribution is 5.76. The van der Waals surface area contributed by atoms with Crippen molar-refractivity contribution in [1.82, 2.24) is 10.6 Å². The molecule has 4 nitrogen and oxygen atoms in total. The second-order valence-corrected chi connectivity index (χ2v) is 5.27. The molecule has 0 radical (unpaired) electrons. The Balaban J connectivity index is 1.65. The fourth-order valence-corrected chi connectivity index (χ4v) is 2.42. The summed E-state index contributed by atoms with van der Waals surface area (Å²) in [6.45, 7) is 4.54. The fourth-order valence-electron chi connectivity index (χ4n) is 2.42. The average molecular weight is 276 g/mol. The highest BCUT2D eigenvalue weighted by Crippen LogP contribution is 2.11. The number of benzene rings is 1. The largest absolute Gasteiger partial charge is 0.378 e. The molecule has 1 aliphatic rings. The minimum atomic E-state index is 0.0441. The van der Waals surface area contributed by atoms with Crippen LogP contribution in [0.15, 0.2) is 30.3 Å². The molecule has 0 aromatic heterocycles. The molecule has 1 fully saturated rings. The molecule has 4 heteroatoms. The van der Waals surface area contributed by atoms with Crippen LogP contribution >= 0.6 is 0 Å². The van der Waals surface area contributed by atoms with Gasteiger partial charge in [-0.2, -0.15) is 0 Å². The Bertz CT molecular complexity index is 402. The van der Waals surface area contributed by atoms with Gasteiger partial charge in [-0.05, 0) is 38.4 Å². The van der Waals surface area contributed by atoms with E-state index in [1.165, 1.54) is 0 Å². The number of carbonyl (C=O) groups is 1. The molecule has 1 aromatic rings. The van der Waals surface area contributed by atoms with Crippen LogP contribution in [0.3, 0.4) is 0 Å². The molecule has 110 valence electrons. The molecule has 0 bridgehead atoms. The summed E-state index contributed by atoms with van der Waals surface area (Å²) in [5, 5.41) is 6.30. The van der Waals surface area contributed by atoms with Gasteiger partial charge in [-0.25, -0.2) is 0 Å². The number of hydrogen-bond donors (Lipinski definition) is 2. The minimum Gasteiger partial charge on any atom is -0.378 e. The van der Waals surface area contributed by atoms with Crippen LogP contribution in [0.4, 0.5) is 0 Å². The Morgan fingerprint density at radius 2 is 2.05 bits per heavy atom. The van der Waals surface area contributed by atoms with E-state index in [0.717, 1.165) is 31.5 Å². The molecular formula is C16H24N2O2. The summed E-state index contributed by atoms with van der Waals surface area (Å²) >= 11 is 0. The van der Waals surface area contributed by atoms with E-state index < -0.39 is 0 Å². The van der Waals surface area contributed by atoms with Crippen LogP contribution in [-0.2, 0) is 9.53 Å². The van der Waals surface area contributed by atoms with Crippen molar-refractivity contribution in [1.29, 1.82) is 0 Å². The lowest BCUT2D eigenvalue weighted by Crippen LogP contribution is -2.33. The normalized spacial score (nSPS) is 17.6. The minimum absolute atomic E-state index is 0.0441. The van der Waals surface area contributed by atoms with Gasteiger partial charge in [0, 0.05) is 6.42 Å². The van der Waals surface area contributed by atoms with Crippen LogP contribution in [-0.4, -0.2) is 31.7 Å². The van der Waals surface area contributed by atoms with Gasteiger partial charge in [0.15, 0.2) is 0 Å². The lowest BCUT2D eigenvalue weighted by molar-refractivity contribution is -0.123. The zero-order chi connectivity index (χ0) is 14.2. The number of piperidine rings is 1. The average Bonchev–Trinajstić information content (AvgIpc) is 2.49. The first-order valence-corrected chi connectivity index (χ1v) is 7.42. The maximum atomic E-state index is 11.9. The Kier molecular flexibility index (Phi) is 6.02. The van der Waals surface area contributed by atoms with Crippen LogP contribution in [0.1, 0.15) is 37.8 Å². The van der Waals surface area contributed by atoms with Crippen LogP contribution in [0, 0.1) is 0 Å². The molecule has 1 amide bonds. The molecular weight excluding hydrogens is 252 g/mol. The van der Waals surface area contributed by atoms with Gasteiger partial charge in [-0.3, -0.25) is 4.79 Å². The van der Waals surface area contributed by atoms with E-state index in [-0.39, 0.29) is 11.9 Å². The van der Waals surface area contributed by atoms with E-state index >= 15 is 0 Å². The molecule has 1 atom stereocenters. The summed E-state index contributed by atoms with van der Waals surface area (Å²) < 4.78 is 5.74. The number of hydrogen-bond acceptors (Lipinski definition) is 3. The van der Waals surface area contributed by atoms with E-state index in [0.29, 0.717) is 19.1 Å². The number of ether oxygens (including phenoxy) is 1. The molecule has 2 N–H and O–H groups in total. The van der Waals surface area contributed by atoms with Crippen molar-refractivity contribution in [3.63, 3.8) is 0 Å². The quantitative estimate of drug-likeness (QED) is 0.836. The molecule has 1 saturated heterocycles. The van der Waals surface area contributed by atoms with Gasteiger partial charge in [0.05, 0.1) is 18.8 Å². The predicted molar refractivity (Wildman–Crippen MR) is 79.5 cm³/mol. The van der Waals surface area contributed by atoms with Gasteiger partial charge in [0.25, 0.3) is 0 Å². The summed E-state index contributed by atoms with van der Waals surface area (Å²) in [5.41, 5.74) is 1.13. The van der Waals surface area contributed by atoms with E-state index in [1.807, 2.05) is 37.3 Å². The third kappa shape index (κ3) is 4.94. The molecule has 0 saturated carbocycles. The van der Waals surface area contributed by atoms with E-state index in [4.69, 9.17) is 4.74 Å². The second kappa shape index (κ2) is 8.02. The summed E-state index contributed by atoms with van der Waals surface area (Å²) in [6, 6.07) is 10.0. The Hall–Kier alpha value is -1.39. The zero-order valence-electron chi connectivity index (χ0n) is 12.1. The monoisotopic (exact) mass is 276 g/mol. The van der Waals surface area contributed by atoms with Crippen molar-refractivity contribution >= 4 is 5.91 Å². The highest BCUT2D eigenvalue weighted by atomic mass is 16.5. The third-order valence-corrected chi connectivity index (χ3v) is 3.65. The van der Waals surface area contributed by atoms with Crippen LogP contribution in [0.2, 0.25) is 0 Å². The van der Waals surface area contributed by atoms with Crippen molar-refractivity contribution in [2.75, 3.05) is 19.7 Å². The molecule has 1 aliphatic heterocycles. The fraction of sp³-hybridized carbons (Fsp3) is 0.562. The molecule has 20 heavy (non-hydrogen) atoms. The highest BCUT2D eigenvalue weighted by Gasteiger charge is 2.14. The Morgan fingerprint density at radius 1 is 1.35 bits per heavy atom. The van der Waals surface area contributed by atoms with E-state index in [2.05, 4.69) is 10.6 Å². The smallest absolute Gasteiger partial charge is 0.222 e. The SMILES string of the molecule is C[C@H](NC(=O)CCOC1CCNCC1)c1ccccc1. The number of carbonyl (C=O) groups excluding carboxylic acids is 1. The first kappa shape index (κ1) is 15.0. The van der Waals surface area contributed by atoms with Gasteiger partial charge in [-0.1, -0.05) is 30.3 Å². The predicted octanol–water partition coefficient (Wildman–Crippen LogP) is 2.02. The first-order chi connectivity index (χ1) is 9.75. The molecule has 1 heterocycles. The molecule has 1 aromatic carbocycles. The van der Waals surface area contributed by atoms with Gasteiger partial charge in [0.1, 0.15) is 0 Å². The summed E-state index contributed by atoms with van der Waals surface area (Å²) in [7, 11) is 0. The van der Waals surface area contributed by atoms with E-state index in [1.54, 1.807) is 0 Å². The third-order valence-electron chi connectivity index (χ3n) is 3.65. The van der Waals surface area contributed by atoms with Crippen LogP contribution < -0.4 is 10.6 Å². The van der Waals surface area contributed by atoms with Crippen molar-refractivity contribution in [3.8, 4) is 0 Å². The second-order valence-electron chi connectivity index (χ2n) is 5.27. The van der Waals surface area contributed by atoms with Crippen LogP contribution in [0.25, 0.3) is 0 Å². The molecule has 0 unspecified atom stereocenters. The summed E-state index contributed by atoms with van der Waals surface area (Å²) in [5.74, 6) is 0.0512. The Morgan fingerprint density at radius 3 is 2.75 bits per heavy atom. The number of amides is 1. The molecule has 2 rings (SSSR count). The van der Waals surface area contributed by atoms with Crippen molar-refractivity contribution in [3.05, 3.63) is 35.9 Å². The lowest BCUT2D eigenvalue weighted by Gasteiger charge is -2.23. The van der Waals surface area contributed by atoms with Gasteiger partial charge >= 0.3 is 0 Å². The standard InChI is InChI=1S/C16H24N2O2/c1-13(14-5-3-2-4-6-14)18-16(19)9-12-20-15-7-10-17-11-8-15/h2-6,13,15,17H,7-12H2,1H3,(H,18,19)/t13-/m0/s1. The Labute approximate surface area is 120 Å². The van der Waals surface area contributed by atoms with Gasteiger partial charge in [0.2, 0.25) is 5.91 Å². The summed E-state index contributed by atoms with van der Waals surface area (Å²) in [6.07, 6.45) is 2.83. The molecule has 0 aliphatic carbocycles. The lowest BCUT2D eigenvalue weighted by atomic mass is 10.1. The van der Waals surface area contributed by atoms with Gasteiger partial charge in [-0.15, -0.1) is 0 Å². The maximum absolute atomic E-state index is 11.9. The molecule has 0 spiro atoms. The van der Waals surface area contributed by atoms with Crippen molar-refractivity contribution < 1.29 is 9.53 Å². The number of nitrogens with one attached hydrogen (secondary N) is 2. The van der Waals surface area contributed by atoms with E-state index in [9.17, 15) is 4.79 Å². The topological polar surface area (TPSA) is 50.4 Å². The zero-order valence-corrected chi connectivity index (χ0v) is 12.1.